The van der Waals surface area contributed by atoms with Gasteiger partial charge in [0.1, 0.15) is 0 Å². The summed E-state index contributed by atoms with van der Waals surface area (Å²) in [6.45, 7) is 13.8. The lowest BCUT2D eigenvalue weighted by Crippen LogP contribution is -2.49. The van der Waals surface area contributed by atoms with Crippen molar-refractivity contribution in [1.29, 1.82) is 0 Å². The van der Waals surface area contributed by atoms with Crippen LogP contribution < -0.4 is 0 Å². The third kappa shape index (κ3) is 10.5. The van der Waals surface area contributed by atoms with Crippen LogP contribution in [-0.4, -0.2) is 65.9 Å². The highest BCUT2D eigenvalue weighted by atomic mass is 32.2. The molecule has 0 bridgehead atoms. The van der Waals surface area contributed by atoms with Crippen LogP contribution in [0.15, 0.2) is 58.5 Å². The molecule has 0 aliphatic carbocycles. The van der Waals surface area contributed by atoms with Crippen LogP contribution in [0.3, 0.4) is 0 Å². The third-order valence-corrected chi connectivity index (χ3v) is 15.6. The Morgan fingerprint density at radius 2 is 1.73 bits per heavy atom. The van der Waals surface area contributed by atoms with Gasteiger partial charge in [-0.2, -0.15) is 0 Å². The molecule has 0 spiro atoms. The van der Waals surface area contributed by atoms with E-state index in [1.54, 1.807) is 30.5 Å². The molecule has 33 heavy (non-hydrogen) atoms. The fraction of sp³-hybridized carbons (Fsp3) is 0.500. The number of methoxy groups -OCH3 is 1. The Labute approximate surface area is 203 Å². The van der Waals surface area contributed by atoms with Gasteiger partial charge in [-0.05, 0) is 82.2 Å². The van der Waals surface area contributed by atoms with E-state index in [1.165, 1.54) is 18.2 Å². The molecule has 1 aromatic rings. The van der Waals surface area contributed by atoms with Crippen molar-refractivity contribution in [3.8, 4) is 0 Å². The molecule has 1 aromatic carbocycles. The number of benzene rings is 1. The minimum absolute atomic E-state index is 0.0451. The molecule has 0 aliphatic heterocycles. The summed E-state index contributed by atoms with van der Waals surface area (Å²) in [4.78, 5) is 13.8. The Morgan fingerprint density at radius 1 is 1.12 bits per heavy atom. The summed E-state index contributed by atoms with van der Waals surface area (Å²) in [6.07, 6.45) is 5.48. The van der Waals surface area contributed by atoms with Crippen LogP contribution in [0, 0.1) is 0 Å². The van der Waals surface area contributed by atoms with Gasteiger partial charge in [-0.25, -0.2) is 13.2 Å². The predicted octanol–water partition coefficient (Wildman–Crippen LogP) is 4.28. The molecule has 1 atom stereocenters. The fourth-order valence-corrected chi connectivity index (χ4v) is 16.2. The first-order valence-corrected chi connectivity index (χ1v) is 21.2. The van der Waals surface area contributed by atoms with Gasteiger partial charge in [-0.1, -0.05) is 18.2 Å². The SMILES string of the molecule is COC(=O)/C(=C\C=C\N(C)CCC[Si](C)(O[SiH](C)C)O[Si](C)(C)C)S(=O)(=O)c1ccccc1. The fourth-order valence-electron chi connectivity index (χ4n) is 3.38. The lowest BCUT2D eigenvalue weighted by atomic mass is 10.4. The van der Waals surface area contributed by atoms with Crippen LogP contribution in [0.2, 0.25) is 45.3 Å². The molecule has 0 aromatic heterocycles. The first kappa shape index (κ1) is 29.5. The van der Waals surface area contributed by atoms with Gasteiger partial charge in [0.2, 0.25) is 9.84 Å². The van der Waals surface area contributed by atoms with Crippen LogP contribution in [0.1, 0.15) is 6.42 Å². The predicted molar refractivity (Wildman–Crippen MR) is 141 cm³/mol. The molecule has 0 radical (unpaired) electrons. The van der Waals surface area contributed by atoms with Gasteiger partial charge in [0, 0.05) is 13.6 Å². The molecular formula is C22H39NO6SSi3. The van der Waals surface area contributed by atoms with Crippen LogP contribution in [0.5, 0.6) is 0 Å². The second-order valence-corrected chi connectivity index (χ2v) is 22.0. The largest absolute Gasteiger partial charge is 0.465 e. The molecular weight excluding hydrogens is 491 g/mol. The summed E-state index contributed by atoms with van der Waals surface area (Å²) in [6, 6.07) is 8.74. The Balaban J connectivity index is 2.87. The topological polar surface area (TPSA) is 82.1 Å². The number of hydrogen-bond acceptors (Lipinski definition) is 7. The minimum Gasteiger partial charge on any atom is -0.465 e. The smallest absolute Gasteiger partial charge is 0.349 e. The van der Waals surface area contributed by atoms with Gasteiger partial charge in [-0.3, -0.25) is 0 Å². The second-order valence-electron chi connectivity index (χ2n) is 9.28. The average Bonchev–Trinajstić information content (AvgIpc) is 2.69. The van der Waals surface area contributed by atoms with Crippen molar-refractivity contribution in [3.63, 3.8) is 0 Å². The quantitative estimate of drug-likeness (QED) is 0.163. The standard InChI is InChI=1S/C22H39NO6SSi3/c1-23(18-13-19-33(8,28-31(3)4)29-32(5,6)7)17-12-16-21(22(24)27-2)30(25,26)20-14-10-9-11-15-20/h9-12,14-17,31H,13,18-19H2,1-8H3/b17-12+,21-16+. The molecule has 11 heteroatoms. The number of esters is 1. The van der Waals surface area contributed by atoms with Crippen molar-refractivity contribution < 1.29 is 26.2 Å². The van der Waals surface area contributed by atoms with Gasteiger partial charge < -0.3 is 17.9 Å². The zero-order valence-corrected chi connectivity index (χ0v) is 25.1. The van der Waals surface area contributed by atoms with Gasteiger partial charge >= 0.3 is 14.5 Å². The van der Waals surface area contributed by atoms with Gasteiger partial charge in [-0.15, -0.1) is 0 Å². The van der Waals surface area contributed by atoms with E-state index in [1.807, 2.05) is 11.9 Å². The summed E-state index contributed by atoms with van der Waals surface area (Å²) >= 11 is 0. The molecule has 7 nitrogen and oxygen atoms in total. The average molecular weight is 530 g/mol. The van der Waals surface area contributed by atoms with E-state index >= 15 is 0 Å². The second kappa shape index (κ2) is 12.8. The van der Waals surface area contributed by atoms with E-state index in [-0.39, 0.29) is 4.90 Å². The summed E-state index contributed by atoms with van der Waals surface area (Å²) < 4.78 is 43.2. The first-order valence-electron chi connectivity index (χ1n) is 11.1. The molecule has 186 valence electrons. The molecule has 0 heterocycles. The number of nitrogens with zero attached hydrogens (tertiary/aromatic N) is 1. The number of carbonyl (C=O) groups is 1. The Kier molecular flexibility index (Phi) is 11.5. The molecule has 0 amide bonds. The van der Waals surface area contributed by atoms with E-state index in [9.17, 15) is 13.2 Å². The van der Waals surface area contributed by atoms with Gasteiger partial charge in [0.15, 0.2) is 22.3 Å². The van der Waals surface area contributed by atoms with Gasteiger partial charge in [0.05, 0.1) is 12.0 Å². The molecule has 0 saturated heterocycles. The number of allylic oxidation sites excluding steroid dienone is 2. The van der Waals surface area contributed by atoms with Crippen molar-refractivity contribution in [1.82, 2.24) is 4.90 Å². The molecule has 0 saturated carbocycles. The number of sulfone groups is 1. The van der Waals surface area contributed by atoms with Crippen LogP contribution in [-0.2, 0) is 27.6 Å². The normalized spacial score (nSPS) is 15.0. The highest BCUT2D eigenvalue weighted by Crippen LogP contribution is 2.23. The van der Waals surface area contributed by atoms with Crippen LogP contribution in [0.25, 0.3) is 0 Å². The Hall–Kier alpha value is -1.51. The number of carbonyl (C=O) groups excluding carboxylic acids is 1. The summed E-state index contributed by atoms with van der Waals surface area (Å²) in [7, 11) is -6.06. The van der Waals surface area contributed by atoms with E-state index < -0.39 is 46.6 Å². The maximum absolute atomic E-state index is 12.9. The molecule has 0 aliphatic rings. The van der Waals surface area contributed by atoms with Crippen molar-refractivity contribution in [2.45, 2.75) is 56.6 Å². The zero-order valence-electron chi connectivity index (χ0n) is 21.1. The van der Waals surface area contributed by atoms with Crippen molar-refractivity contribution >= 4 is 41.7 Å². The van der Waals surface area contributed by atoms with E-state index in [0.717, 1.165) is 26.1 Å². The number of rotatable bonds is 13. The molecule has 1 unspecified atom stereocenters. The maximum Gasteiger partial charge on any atom is 0.349 e. The summed E-state index contributed by atoms with van der Waals surface area (Å²) in [5.74, 6) is -0.897. The number of ether oxygens (including phenoxy) is 1. The lowest BCUT2D eigenvalue weighted by molar-refractivity contribution is -0.135. The highest BCUT2D eigenvalue weighted by molar-refractivity contribution is 7.96. The molecule has 0 fully saturated rings. The van der Waals surface area contributed by atoms with Crippen molar-refractivity contribution in [2.75, 3.05) is 20.7 Å². The molecule has 1 rings (SSSR count). The van der Waals surface area contributed by atoms with Crippen molar-refractivity contribution in [3.05, 3.63) is 53.6 Å². The lowest BCUT2D eigenvalue weighted by Gasteiger charge is -2.35. The highest BCUT2D eigenvalue weighted by Gasteiger charge is 2.36. The third-order valence-electron chi connectivity index (χ3n) is 4.47. The van der Waals surface area contributed by atoms with Crippen LogP contribution in [0.4, 0.5) is 0 Å². The van der Waals surface area contributed by atoms with E-state index in [2.05, 4.69) is 39.3 Å². The summed E-state index contributed by atoms with van der Waals surface area (Å²) in [5, 5.41) is 0. The minimum atomic E-state index is -3.98. The monoisotopic (exact) mass is 529 g/mol. The zero-order chi connectivity index (χ0) is 25.3. The van der Waals surface area contributed by atoms with Crippen molar-refractivity contribution in [2.24, 2.45) is 0 Å². The maximum atomic E-state index is 12.9. The van der Waals surface area contributed by atoms with E-state index in [0.29, 0.717) is 0 Å². The Morgan fingerprint density at radius 3 is 2.24 bits per heavy atom. The first-order chi connectivity index (χ1) is 15.2. The number of hydrogen-bond donors (Lipinski definition) is 0. The van der Waals surface area contributed by atoms with Crippen LogP contribution >= 0.6 is 0 Å². The Bertz CT molecular complexity index is 929. The van der Waals surface area contributed by atoms with Gasteiger partial charge in [0.25, 0.3) is 0 Å². The van der Waals surface area contributed by atoms with E-state index in [4.69, 9.17) is 13.0 Å². The molecule has 0 N–H and O–H groups in total. The summed E-state index contributed by atoms with van der Waals surface area (Å²) in [5.41, 5.74) is 0.